The van der Waals surface area contributed by atoms with Gasteiger partial charge in [-0.3, -0.25) is 4.79 Å². The van der Waals surface area contributed by atoms with Gasteiger partial charge in [-0.15, -0.1) is 0 Å². The maximum Gasteiger partial charge on any atom is 0.305 e. The number of esters is 1. The third kappa shape index (κ3) is 20.8. The zero-order valence-electron chi connectivity index (χ0n) is 20.8. The van der Waals surface area contributed by atoms with Crippen LogP contribution in [0.4, 0.5) is 0 Å². The first-order valence-electron chi connectivity index (χ1n) is 12.8. The standard InChI is InChI=1S/C27H46O6/c1-2-3-4-5-6-7-8-9-13-16-27(28)33-24-23-31-20-19-29-17-18-30-21-22-32-25-26-14-11-10-12-15-26/h10-12,14-15H,2-9,13,16-25H2,1H3. The molecule has 0 heterocycles. The van der Waals surface area contributed by atoms with Crippen LogP contribution in [0.5, 0.6) is 0 Å². The Morgan fingerprint density at radius 1 is 0.606 bits per heavy atom. The van der Waals surface area contributed by atoms with Crippen LogP contribution in [0.2, 0.25) is 0 Å². The van der Waals surface area contributed by atoms with Gasteiger partial charge in [-0.05, 0) is 12.0 Å². The van der Waals surface area contributed by atoms with Crippen molar-refractivity contribution in [2.75, 3.05) is 52.9 Å². The summed E-state index contributed by atoms with van der Waals surface area (Å²) in [6.07, 6.45) is 11.7. The lowest BCUT2D eigenvalue weighted by Crippen LogP contribution is -2.14. The van der Waals surface area contributed by atoms with Gasteiger partial charge in [0.05, 0.1) is 52.9 Å². The Hall–Kier alpha value is -1.47. The van der Waals surface area contributed by atoms with Crippen LogP contribution >= 0.6 is 0 Å². The van der Waals surface area contributed by atoms with Gasteiger partial charge in [-0.1, -0.05) is 88.6 Å². The van der Waals surface area contributed by atoms with E-state index < -0.39 is 0 Å². The average molecular weight is 467 g/mol. The Morgan fingerprint density at radius 2 is 1.09 bits per heavy atom. The first kappa shape index (κ1) is 29.6. The highest BCUT2D eigenvalue weighted by atomic mass is 16.6. The molecule has 1 aromatic carbocycles. The Kier molecular flexibility index (Phi) is 21.2. The number of carbonyl (C=O) groups excluding carboxylic acids is 1. The van der Waals surface area contributed by atoms with Crippen LogP contribution in [0.15, 0.2) is 30.3 Å². The molecule has 1 aromatic rings. The summed E-state index contributed by atoms with van der Waals surface area (Å²) in [5.41, 5.74) is 1.16. The summed E-state index contributed by atoms with van der Waals surface area (Å²) < 4.78 is 27.1. The lowest BCUT2D eigenvalue weighted by Gasteiger charge is -2.08. The fraction of sp³-hybridized carbons (Fsp3) is 0.741. The number of benzene rings is 1. The van der Waals surface area contributed by atoms with Crippen LogP contribution in [0.25, 0.3) is 0 Å². The molecule has 0 atom stereocenters. The van der Waals surface area contributed by atoms with E-state index in [2.05, 4.69) is 6.92 Å². The normalized spacial score (nSPS) is 11.1. The largest absolute Gasteiger partial charge is 0.463 e. The van der Waals surface area contributed by atoms with Gasteiger partial charge in [0.1, 0.15) is 6.61 Å². The number of rotatable bonds is 24. The van der Waals surface area contributed by atoms with E-state index in [0.717, 1.165) is 18.4 Å². The SMILES string of the molecule is CCCCCCCCCCCC(=O)OCCOCCOCCOCCOCc1ccccc1. The van der Waals surface area contributed by atoms with Crippen molar-refractivity contribution >= 4 is 5.97 Å². The first-order chi connectivity index (χ1) is 16.3. The molecular weight excluding hydrogens is 420 g/mol. The summed E-state index contributed by atoms with van der Waals surface area (Å²) in [5.74, 6) is -0.123. The fourth-order valence-corrected chi connectivity index (χ4v) is 3.29. The second-order valence-corrected chi connectivity index (χ2v) is 8.17. The minimum Gasteiger partial charge on any atom is -0.463 e. The minimum absolute atomic E-state index is 0.123. The van der Waals surface area contributed by atoms with Crippen LogP contribution in [0.3, 0.4) is 0 Å². The zero-order valence-corrected chi connectivity index (χ0v) is 20.8. The highest BCUT2D eigenvalue weighted by molar-refractivity contribution is 5.69. The Bertz CT molecular complexity index is 537. The van der Waals surface area contributed by atoms with Gasteiger partial charge in [0.25, 0.3) is 0 Å². The van der Waals surface area contributed by atoms with Gasteiger partial charge in [0, 0.05) is 6.42 Å². The van der Waals surface area contributed by atoms with Gasteiger partial charge in [-0.25, -0.2) is 0 Å². The summed E-state index contributed by atoms with van der Waals surface area (Å²) in [6, 6.07) is 10.1. The van der Waals surface area contributed by atoms with Gasteiger partial charge >= 0.3 is 5.97 Å². The summed E-state index contributed by atoms with van der Waals surface area (Å²) in [7, 11) is 0. The Labute approximate surface area is 201 Å². The smallest absolute Gasteiger partial charge is 0.305 e. The van der Waals surface area contributed by atoms with Crippen LogP contribution in [0.1, 0.15) is 76.7 Å². The van der Waals surface area contributed by atoms with Crippen LogP contribution in [-0.4, -0.2) is 58.8 Å². The van der Waals surface area contributed by atoms with Crippen molar-refractivity contribution in [1.29, 1.82) is 0 Å². The monoisotopic (exact) mass is 466 g/mol. The van der Waals surface area contributed by atoms with E-state index in [4.69, 9.17) is 23.7 Å². The van der Waals surface area contributed by atoms with Crippen molar-refractivity contribution in [3.8, 4) is 0 Å². The molecule has 6 heteroatoms. The van der Waals surface area contributed by atoms with Crippen LogP contribution in [0, 0.1) is 0 Å². The van der Waals surface area contributed by atoms with Crippen molar-refractivity contribution < 1.29 is 28.5 Å². The molecule has 190 valence electrons. The van der Waals surface area contributed by atoms with Crippen molar-refractivity contribution in [2.45, 2.75) is 77.7 Å². The molecule has 0 amide bonds. The van der Waals surface area contributed by atoms with Gasteiger partial charge in [0.15, 0.2) is 0 Å². The van der Waals surface area contributed by atoms with E-state index in [0.29, 0.717) is 65.9 Å². The van der Waals surface area contributed by atoms with Crippen molar-refractivity contribution in [3.05, 3.63) is 35.9 Å². The average Bonchev–Trinajstić information content (AvgIpc) is 2.84. The molecule has 0 aliphatic rings. The molecule has 0 aliphatic heterocycles. The van der Waals surface area contributed by atoms with E-state index in [9.17, 15) is 4.79 Å². The Balaban J connectivity index is 1.71. The molecule has 0 saturated carbocycles. The van der Waals surface area contributed by atoms with Gasteiger partial charge < -0.3 is 23.7 Å². The van der Waals surface area contributed by atoms with Crippen molar-refractivity contribution in [1.82, 2.24) is 0 Å². The maximum absolute atomic E-state index is 11.7. The molecule has 0 N–H and O–H groups in total. The lowest BCUT2D eigenvalue weighted by molar-refractivity contribution is -0.145. The van der Waals surface area contributed by atoms with Crippen molar-refractivity contribution in [3.63, 3.8) is 0 Å². The molecule has 0 aliphatic carbocycles. The number of ether oxygens (including phenoxy) is 5. The first-order valence-corrected chi connectivity index (χ1v) is 12.8. The quantitative estimate of drug-likeness (QED) is 0.143. The summed E-state index contributed by atoms with van der Waals surface area (Å²) in [6.45, 7) is 6.71. The highest BCUT2D eigenvalue weighted by Crippen LogP contribution is 2.10. The molecule has 0 fully saturated rings. The van der Waals surface area contributed by atoms with E-state index in [1.54, 1.807) is 0 Å². The molecule has 0 unspecified atom stereocenters. The number of hydrogen-bond acceptors (Lipinski definition) is 6. The van der Waals surface area contributed by atoms with E-state index >= 15 is 0 Å². The topological polar surface area (TPSA) is 63.2 Å². The minimum atomic E-state index is -0.123. The van der Waals surface area contributed by atoms with Gasteiger partial charge in [-0.2, -0.15) is 0 Å². The number of hydrogen-bond donors (Lipinski definition) is 0. The van der Waals surface area contributed by atoms with E-state index in [-0.39, 0.29) is 5.97 Å². The summed E-state index contributed by atoms with van der Waals surface area (Å²) in [5, 5.41) is 0. The van der Waals surface area contributed by atoms with E-state index in [1.165, 1.54) is 44.9 Å². The third-order valence-electron chi connectivity index (χ3n) is 5.20. The molecule has 0 spiro atoms. The van der Waals surface area contributed by atoms with Crippen LogP contribution in [-0.2, 0) is 35.1 Å². The lowest BCUT2D eigenvalue weighted by atomic mass is 10.1. The molecule has 6 nitrogen and oxygen atoms in total. The predicted molar refractivity (Wildman–Crippen MR) is 131 cm³/mol. The maximum atomic E-state index is 11.7. The second-order valence-electron chi connectivity index (χ2n) is 8.17. The fourth-order valence-electron chi connectivity index (χ4n) is 3.29. The predicted octanol–water partition coefficient (Wildman–Crippen LogP) is 5.72. The molecular formula is C27H46O6. The number of carbonyl (C=O) groups is 1. The molecule has 0 radical (unpaired) electrons. The van der Waals surface area contributed by atoms with Crippen LogP contribution < -0.4 is 0 Å². The molecule has 0 saturated heterocycles. The number of unbranched alkanes of at least 4 members (excludes halogenated alkanes) is 8. The highest BCUT2D eigenvalue weighted by Gasteiger charge is 2.02. The molecule has 33 heavy (non-hydrogen) atoms. The second kappa shape index (κ2) is 23.7. The Morgan fingerprint density at radius 3 is 1.67 bits per heavy atom. The van der Waals surface area contributed by atoms with Gasteiger partial charge in [0.2, 0.25) is 0 Å². The summed E-state index contributed by atoms with van der Waals surface area (Å²) in [4.78, 5) is 11.7. The molecule has 0 aromatic heterocycles. The zero-order chi connectivity index (χ0) is 23.7. The summed E-state index contributed by atoms with van der Waals surface area (Å²) >= 11 is 0. The molecule has 0 bridgehead atoms. The molecule has 1 rings (SSSR count). The van der Waals surface area contributed by atoms with Crippen molar-refractivity contribution in [2.24, 2.45) is 0 Å². The van der Waals surface area contributed by atoms with E-state index in [1.807, 2.05) is 30.3 Å². The third-order valence-corrected chi connectivity index (χ3v) is 5.20.